The van der Waals surface area contributed by atoms with Crippen LogP contribution in [0.2, 0.25) is 5.02 Å². The van der Waals surface area contributed by atoms with Crippen molar-refractivity contribution in [3.63, 3.8) is 0 Å². The van der Waals surface area contributed by atoms with E-state index in [2.05, 4.69) is 10.5 Å². The standard InChI is InChI=1S/C21H18ClN3O5/c1-13-3-7-19(14(2)9-13)29-12-21(26)24-23-11-16-5-8-20(30-16)17-10-15(25(27)28)4-6-18(17)22/h3-11H,12H2,1-2H3,(H,24,26)/b23-11+. The molecule has 3 rings (SSSR count). The quantitative estimate of drug-likeness (QED) is 0.335. The number of nitro groups is 1. The predicted octanol–water partition coefficient (Wildman–Crippen LogP) is 4.65. The van der Waals surface area contributed by atoms with E-state index in [1.54, 1.807) is 12.1 Å². The SMILES string of the molecule is Cc1ccc(OCC(=O)N/N=C/c2ccc(-c3cc([N+](=O)[O-])ccc3Cl)o2)c(C)c1. The number of halogens is 1. The molecule has 2 aromatic carbocycles. The Bertz CT molecular complexity index is 1120. The molecule has 0 aliphatic carbocycles. The van der Waals surface area contributed by atoms with Crippen molar-refractivity contribution in [2.75, 3.05) is 6.61 Å². The van der Waals surface area contributed by atoms with Gasteiger partial charge in [0.05, 0.1) is 16.2 Å². The van der Waals surface area contributed by atoms with Gasteiger partial charge in [-0.25, -0.2) is 5.43 Å². The summed E-state index contributed by atoms with van der Waals surface area (Å²) in [5, 5.41) is 15.1. The zero-order valence-electron chi connectivity index (χ0n) is 16.2. The van der Waals surface area contributed by atoms with Crippen molar-refractivity contribution in [2.24, 2.45) is 5.10 Å². The van der Waals surface area contributed by atoms with Crippen molar-refractivity contribution in [3.8, 4) is 17.1 Å². The Labute approximate surface area is 177 Å². The molecule has 0 aliphatic rings. The predicted molar refractivity (Wildman–Crippen MR) is 113 cm³/mol. The highest BCUT2D eigenvalue weighted by Crippen LogP contribution is 2.32. The second-order valence-electron chi connectivity index (χ2n) is 6.47. The van der Waals surface area contributed by atoms with Crippen LogP contribution in [0, 0.1) is 24.0 Å². The molecule has 0 radical (unpaired) electrons. The number of carbonyl (C=O) groups is 1. The van der Waals surface area contributed by atoms with Gasteiger partial charge in [-0.2, -0.15) is 5.10 Å². The maximum Gasteiger partial charge on any atom is 0.277 e. The number of amides is 1. The van der Waals surface area contributed by atoms with E-state index in [4.69, 9.17) is 20.8 Å². The number of nitrogens with one attached hydrogen (secondary N) is 1. The number of aryl methyl sites for hydroxylation is 2. The van der Waals surface area contributed by atoms with Crippen molar-refractivity contribution in [2.45, 2.75) is 13.8 Å². The molecule has 0 bridgehead atoms. The molecule has 1 amide bonds. The summed E-state index contributed by atoms with van der Waals surface area (Å²) in [7, 11) is 0. The summed E-state index contributed by atoms with van der Waals surface area (Å²) in [6.45, 7) is 3.69. The molecule has 8 nitrogen and oxygen atoms in total. The summed E-state index contributed by atoms with van der Waals surface area (Å²) in [5.74, 6) is 0.877. The highest BCUT2D eigenvalue weighted by molar-refractivity contribution is 6.33. The lowest BCUT2D eigenvalue weighted by molar-refractivity contribution is -0.384. The number of carbonyl (C=O) groups excluding carboxylic acids is 1. The number of non-ortho nitro benzene ring substituents is 1. The first-order valence-corrected chi connectivity index (χ1v) is 9.27. The zero-order valence-corrected chi connectivity index (χ0v) is 17.0. The van der Waals surface area contributed by atoms with Crippen molar-refractivity contribution >= 4 is 29.4 Å². The van der Waals surface area contributed by atoms with Crippen molar-refractivity contribution < 1.29 is 18.9 Å². The fourth-order valence-corrected chi connectivity index (χ4v) is 2.90. The molecule has 1 heterocycles. The number of rotatable bonds is 7. The molecule has 0 saturated heterocycles. The number of benzene rings is 2. The number of hydrogen-bond acceptors (Lipinski definition) is 6. The van der Waals surface area contributed by atoms with Crippen LogP contribution in [-0.4, -0.2) is 23.7 Å². The molecule has 0 spiro atoms. The van der Waals surface area contributed by atoms with Crippen LogP contribution in [0.25, 0.3) is 11.3 Å². The summed E-state index contributed by atoms with van der Waals surface area (Å²) >= 11 is 6.11. The number of furan rings is 1. The van der Waals surface area contributed by atoms with E-state index in [1.807, 2.05) is 32.0 Å². The van der Waals surface area contributed by atoms with Crippen molar-refractivity contribution in [1.82, 2.24) is 5.43 Å². The number of ether oxygens (including phenoxy) is 1. The maximum absolute atomic E-state index is 11.9. The second kappa shape index (κ2) is 9.23. The Morgan fingerprint density at radius 2 is 2.03 bits per heavy atom. The smallest absolute Gasteiger partial charge is 0.277 e. The zero-order chi connectivity index (χ0) is 21.7. The Morgan fingerprint density at radius 1 is 1.23 bits per heavy atom. The summed E-state index contributed by atoms with van der Waals surface area (Å²) in [5.41, 5.74) is 4.68. The first-order chi connectivity index (χ1) is 14.3. The van der Waals surface area contributed by atoms with Crippen LogP contribution in [0.1, 0.15) is 16.9 Å². The Morgan fingerprint density at radius 3 is 2.77 bits per heavy atom. The number of nitro benzene ring substituents is 1. The summed E-state index contributed by atoms with van der Waals surface area (Å²) < 4.78 is 11.1. The van der Waals surface area contributed by atoms with Crippen LogP contribution < -0.4 is 10.2 Å². The maximum atomic E-state index is 11.9. The van der Waals surface area contributed by atoms with Crippen molar-refractivity contribution in [3.05, 3.63) is 80.6 Å². The Hall–Kier alpha value is -3.65. The minimum absolute atomic E-state index is 0.0999. The number of hydrogen-bond donors (Lipinski definition) is 1. The van der Waals surface area contributed by atoms with Gasteiger partial charge in [-0.1, -0.05) is 29.3 Å². The molecule has 3 aromatic rings. The van der Waals surface area contributed by atoms with E-state index >= 15 is 0 Å². The molecule has 0 atom stereocenters. The number of nitrogens with zero attached hydrogens (tertiary/aromatic N) is 2. The molecule has 9 heteroatoms. The molecule has 1 N–H and O–H groups in total. The molecular weight excluding hydrogens is 410 g/mol. The fraction of sp³-hybridized carbons (Fsp3) is 0.143. The van der Waals surface area contributed by atoms with Gasteiger partial charge < -0.3 is 9.15 Å². The highest BCUT2D eigenvalue weighted by Gasteiger charge is 2.14. The first kappa shape index (κ1) is 21.1. The van der Waals surface area contributed by atoms with Crippen LogP contribution in [0.5, 0.6) is 5.75 Å². The lowest BCUT2D eigenvalue weighted by Gasteiger charge is -2.08. The fourth-order valence-electron chi connectivity index (χ4n) is 2.69. The van der Waals surface area contributed by atoms with Crippen LogP contribution in [-0.2, 0) is 4.79 Å². The monoisotopic (exact) mass is 427 g/mol. The van der Waals surface area contributed by atoms with E-state index in [1.165, 1.54) is 24.4 Å². The summed E-state index contributed by atoms with van der Waals surface area (Å²) in [6.07, 6.45) is 1.31. The van der Waals surface area contributed by atoms with Gasteiger partial charge in [-0.3, -0.25) is 14.9 Å². The Kier molecular flexibility index (Phi) is 6.48. The third-order valence-electron chi connectivity index (χ3n) is 4.12. The van der Waals surface area contributed by atoms with Gasteiger partial charge in [0, 0.05) is 17.7 Å². The van der Waals surface area contributed by atoms with Gasteiger partial charge in [0.1, 0.15) is 17.3 Å². The lowest BCUT2D eigenvalue weighted by Crippen LogP contribution is -2.24. The minimum Gasteiger partial charge on any atom is -0.483 e. The second-order valence-corrected chi connectivity index (χ2v) is 6.88. The van der Waals surface area contributed by atoms with Gasteiger partial charge in [0.2, 0.25) is 0 Å². The molecular formula is C21H18ClN3O5. The van der Waals surface area contributed by atoms with E-state index < -0.39 is 10.8 Å². The summed E-state index contributed by atoms with van der Waals surface area (Å²) in [4.78, 5) is 22.3. The van der Waals surface area contributed by atoms with Gasteiger partial charge in [-0.15, -0.1) is 0 Å². The Balaban J connectivity index is 1.59. The third-order valence-corrected chi connectivity index (χ3v) is 4.45. The third kappa shape index (κ3) is 5.24. The minimum atomic E-state index is -0.513. The van der Waals surface area contributed by atoms with Gasteiger partial charge in [0.15, 0.2) is 6.61 Å². The molecule has 154 valence electrons. The lowest BCUT2D eigenvalue weighted by atomic mass is 10.1. The molecule has 0 saturated carbocycles. The van der Waals surface area contributed by atoms with Gasteiger partial charge in [-0.05, 0) is 43.7 Å². The molecule has 1 aromatic heterocycles. The van der Waals surface area contributed by atoms with Crippen LogP contribution in [0.3, 0.4) is 0 Å². The van der Waals surface area contributed by atoms with Crippen LogP contribution in [0.15, 0.2) is 58.0 Å². The summed E-state index contributed by atoms with van der Waals surface area (Å²) in [6, 6.07) is 13.0. The molecule has 0 fully saturated rings. The average Bonchev–Trinajstić information content (AvgIpc) is 3.16. The number of hydrazone groups is 1. The van der Waals surface area contributed by atoms with Crippen molar-refractivity contribution in [1.29, 1.82) is 0 Å². The van der Waals surface area contributed by atoms with E-state index in [0.29, 0.717) is 27.9 Å². The van der Waals surface area contributed by atoms with E-state index in [-0.39, 0.29) is 12.3 Å². The van der Waals surface area contributed by atoms with Crippen LogP contribution >= 0.6 is 11.6 Å². The molecule has 0 unspecified atom stereocenters. The van der Waals surface area contributed by atoms with Gasteiger partial charge >= 0.3 is 0 Å². The molecule has 30 heavy (non-hydrogen) atoms. The van der Waals surface area contributed by atoms with Crippen LogP contribution in [0.4, 0.5) is 5.69 Å². The highest BCUT2D eigenvalue weighted by atomic mass is 35.5. The topological polar surface area (TPSA) is 107 Å². The largest absolute Gasteiger partial charge is 0.483 e. The molecule has 0 aliphatic heterocycles. The van der Waals surface area contributed by atoms with E-state index in [0.717, 1.165) is 11.1 Å². The first-order valence-electron chi connectivity index (χ1n) is 8.89. The normalized spacial score (nSPS) is 10.9. The van der Waals surface area contributed by atoms with E-state index in [9.17, 15) is 14.9 Å². The average molecular weight is 428 g/mol. The van der Waals surface area contributed by atoms with Gasteiger partial charge in [0.25, 0.3) is 11.6 Å².